The Bertz CT molecular complexity index is 987. The van der Waals surface area contributed by atoms with Crippen LogP contribution in [0.2, 0.25) is 0 Å². The summed E-state index contributed by atoms with van der Waals surface area (Å²) in [5, 5.41) is 0.526. The minimum absolute atomic E-state index is 0.0282. The highest BCUT2D eigenvalue weighted by atomic mass is 19.1. The van der Waals surface area contributed by atoms with Crippen molar-refractivity contribution in [2.45, 2.75) is 20.3 Å². The molecule has 0 saturated carbocycles. The Labute approximate surface area is 143 Å². The zero-order valence-electron chi connectivity index (χ0n) is 13.8. The molecular weight excluding hydrogens is 326 g/mol. The lowest BCUT2D eigenvalue weighted by Gasteiger charge is -2.14. The molecule has 0 unspecified atom stereocenters. The Morgan fingerprint density at radius 3 is 2.64 bits per heavy atom. The van der Waals surface area contributed by atoms with Crippen LogP contribution in [-0.4, -0.2) is 10.9 Å². The molecule has 0 aliphatic rings. The molecular formula is C19H16F2N2O2. The Morgan fingerprint density at radius 1 is 1.20 bits per heavy atom. The molecule has 0 aliphatic heterocycles. The average Bonchev–Trinajstić information content (AvgIpc) is 2.59. The van der Waals surface area contributed by atoms with E-state index in [1.807, 2.05) is 0 Å². The van der Waals surface area contributed by atoms with Crippen LogP contribution in [0.4, 0.5) is 8.78 Å². The number of aromatic nitrogens is 1. The van der Waals surface area contributed by atoms with Gasteiger partial charge in [0.25, 0.3) is 0 Å². The van der Waals surface area contributed by atoms with E-state index in [-0.39, 0.29) is 23.3 Å². The summed E-state index contributed by atoms with van der Waals surface area (Å²) in [5.74, 6) is -1.45. The number of carbonyl (C=O) groups excluding carboxylic acids is 1. The van der Waals surface area contributed by atoms with Crippen LogP contribution in [0.1, 0.15) is 28.4 Å². The molecule has 1 amide bonds. The first-order valence-electron chi connectivity index (χ1n) is 7.76. The average molecular weight is 342 g/mol. The van der Waals surface area contributed by atoms with Crippen LogP contribution in [0.5, 0.6) is 11.5 Å². The van der Waals surface area contributed by atoms with E-state index in [1.54, 1.807) is 31.2 Å². The van der Waals surface area contributed by atoms with Crippen molar-refractivity contribution < 1.29 is 18.3 Å². The number of nitrogens with two attached hydrogens (primary N) is 1. The Balaban J connectivity index is 2.12. The van der Waals surface area contributed by atoms with E-state index in [0.717, 1.165) is 0 Å². The van der Waals surface area contributed by atoms with Crippen LogP contribution >= 0.6 is 0 Å². The number of hydrogen-bond donors (Lipinski definition) is 1. The monoisotopic (exact) mass is 342 g/mol. The summed E-state index contributed by atoms with van der Waals surface area (Å²) in [6, 6.07) is 7.47. The summed E-state index contributed by atoms with van der Waals surface area (Å²) >= 11 is 0. The van der Waals surface area contributed by atoms with E-state index in [4.69, 9.17) is 10.5 Å². The summed E-state index contributed by atoms with van der Waals surface area (Å²) in [7, 11) is 0. The molecule has 4 nitrogen and oxygen atoms in total. The van der Waals surface area contributed by atoms with E-state index in [0.29, 0.717) is 22.2 Å². The number of ether oxygens (including phenoxy) is 1. The van der Waals surface area contributed by atoms with Crippen molar-refractivity contribution in [3.8, 4) is 11.5 Å². The zero-order chi connectivity index (χ0) is 18.1. The van der Waals surface area contributed by atoms with Crippen molar-refractivity contribution >= 4 is 16.8 Å². The van der Waals surface area contributed by atoms with Gasteiger partial charge in [0.05, 0.1) is 5.52 Å². The molecule has 25 heavy (non-hydrogen) atoms. The second kappa shape index (κ2) is 6.47. The number of rotatable bonds is 4. The molecule has 1 aromatic heterocycles. The lowest BCUT2D eigenvalue weighted by Crippen LogP contribution is -2.10. The lowest BCUT2D eigenvalue weighted by atomic mass is 10.1. The number of pyridine rings is 1. The van der Waals surface area contributed by atoms with Gasteiger partial charge in [-0.2, -0.15) is 0 Å². The fourth-order valence-electron chi connectivity index (χ4n) is 2.66. The minimum Gasteiger partial charge on any atom is -0.456 e. The molecule has 3 rings (SSSR count). The molecule has 0 fully saturated rings. The zero-order valence-corrected chi connectivity index (χ0v) is 13.8. The van der Waals surface area contributed by atoms with Crippen LogP contribution in [0.3, 0.4) is 0 Å². The topological polar surface area (TPSA) is 65.2 Å². The number of nitrogens with zero attached hydrogens (tertiary/aromatic N) is 1. The van der Waals surface area contributed by atoms with Crippen molar-refractivity contribution in [2.75, 3.05) is 0 Å². The second-order valence-electron chi connectivity index (χ2n) is 5.63. The highest BCUT2D eigenvalue weighted by Crippen LogP contribution is 2.34. The number of primary amides is 1. The van der Waals surface area contributed by atoms with Gasteiger partial charge in [-0.1, -0.05) is 6.92 Å². The van der Waals surface area contributed by atoms with Gasteiger partial charge in [0.2, 0.25) is 5.91 Å². The van der Waals surface area contributed by atoms with Gasteiger partial charge in [0, 0.05) is 34.3 Å². The molecule has 6 heteroatoms. The molecule has 128 valence electrons. The molecule has 0 aliphatic carbocycles. The van der Waals surface area contributed by atoms with Crippen molar-refractivity contribution in [1.82, 2.24) is 4.98 Å². The highest BCUT2D eigenvalue weighted by Gasteiger charge is 2.17. The van der Waals surface area contributed by atoms with E-state index in [9.17, 15) is 13.6 Å². The molecule has 0 atom stereocenters. The first kappa shape index (κ1) is 16.8. The van der Waals surface area contributed by atoms with Crippen molar-refractivity contribution in [3.63, 3.8) is 0 Å². The minimum atomic E-state index is -0.656. The SMILES string of the molecule is CCc1c(F)cc(Oc2ccnc3ccc(C(N)=O)cc23)c(C)c1F. The summed E-state index contributed by atoms with van der Waals surface area (Å²) < 4.78 is 34.1. The maximum atomic E-state index is 14.3. The van der Waals surface area contributed by atoms with Gasteiger partial charge in [-0.3, -0.25) is 9.78 Å². The quantitative estimate of drug-likeness (QED) is 0.770. The fraction of sp³-hybridized carbons (Fsp3) is 0.158. The van der Waals surface area contributed by atoms with Gasteiger partial charge in [-0.15, -0.1) is 0 Å². The van der Waals surface area contributed by atoms with Crippen LogP contribution in [0.15, 0.2) is 36.5 Å². The molecule has 3 aromatic rings. The van der Waals surface area contributed by atoms with Gasteiger partial charge in [-0.05, 0) is 37.6 Å². The molecule has 2 aromatic carbocycles. The Morgan fingerprint density at radius 2 is 1.96 bits per heavy atom. The largest absolute Gasteiger partial charge is 0.456 e. The predicted octanol–water partition coefficient (Wildman–Crippen LogP) is 4.28. The van der Waals surface area contributed by atoms with Gasteiger partial charge >= 0.3 is 0 Å². The van der Waals surface area contributed by atoms with Crippen molar-refractivity contribution in [1.29, 1.82) is 0 Å². The number of amides is 1. The second-order valence-corrected chi connectivity index (χ2v) is 5.63. The number of halogens is 2. The predicted molar refractivity (Wildman–Crippen MR) is 90.8 cm³/mol. The first-order valence-corrected chi connectivity index (χ1v) is 7.76. The number of fused-ring (bicyclic) bond motifs is 1. The van der Waals surface area contributed by atoms with Gasteiger partial charge in [-0.25, -0.2) is 8.78 Å². The maximum absolute atomic E-state index is 14.3. The molecule has 0 saturated heterocycles. The molecule has 2 N–H and O–H groups in total. The van der Waals surface area contributed by atoms with Crippen LogP contribution < -0.4 is 10.5 Å². The van der Waals surface area contributed by atoms with Crippen LogP contribution in [-0.2, 0) is 6.42 Å². The third-order valence-electron chi connectivity index (χ3n) is 4.07. The summed E-state index contributed by atoms with van der Waals surface area (Å²) in [6.07, 6.45) is 1.77. The molecule has 0 bridgehead atoms. The third-order valence-corrected chi connectivity index (χ3v) is 4.07. The van der Waals surface area contributed by atoms with Gasteiger partial charge in [0.1, 0.15) is 23.1 Å². The summed E-state index contributed by atoms with van der Waals surface area (Å²) in [6.45, 7) is 3.21. The molecule has 0 radical (unpaired) electrons. The van der Waals surface area contributed by atoms with Gasteiger partial charge in [0.15, 0.2) is 0 Å². The molecule has 1 heterocycles. The van der Waals surface area contributed by atoms with E-state index < -0.39 is 17.5 Å². The summed E-state index contributed by atoms with van der Waals surface area (Å²) in [4.78, 5) is 15.6. The summed E-state index contributed by atoms with van der Waals surface area (Å²) in [5.41, 5.74) is 6.42. The van der Waals surface area contributed by atoms with Crippen molar-refractivity contribution in [3.05, 3.63) is 64.9 Å². The Kier molecular flexibility index (Phi) is 4.35. The smallest absolute Gasteiger partial charge is 0.248 e. The van der Waals surface area contributed by atoms with E-state index >= 15 is 0 Å². The lowest BCUT2D eigenvalue weighted by molar-refractivity contribution is 0.100. The number of hydrogen-bond acceptors (Lipinski definition) is 3. The van der Waals surface area contributed by atoms with Gasteiger partial charge < -0.3 is 10.5 Å². The van der Waals surface area contributed by atoms with E-state index in [1.165, 1.54) is 19.2 Å². The third kappa shape index (κ3) is 3.03. The van der Waals surface area contributed by atoms with E-state index in [2.05, 4.69) is 4.98 Å². The maximum Gasteiger partial charge on any atom is 0.248 e. The Hall–Kier alpha value is -3.02. The number of benzene rings is 2. The van der Waals surface area contributed by atoms with Crippen LogP contribution in [0, 0.1) is 18.6 Å². The van der Waals surface area contributed by atoms with Crippen molar-refractivity contribution in [2.24, 2.45) is 5.73 Å². The normalized spacial score (nSPS) is 10.9. The standard InChI is InChI=1S/C19H16F2N2O2/c1-3-12-14(20)9-17(10(2)18(12)21)25-16-6-7-23-15-5-4-11(19(22)24)8-13(15)16/h4-9H,3H2,1-2H3,(H2,22,24). The first-order chi connectivity index (χ1) is 11.9. The highest BCUT2D eigenvalue weighted by molar-refractivity contribution is 5.98. The molecule has 0 spiro atoms. The fourth-order valence-corrected chi connectivity index (χ4v) is 2.66. The van der Waals surface area contributed by atoms with Crippen LogP contribution in [0.25, 0.3) is 10.9 Å². The number of carbonyl (C=O) groups is 1.